The predicted molar refractivity (Wildman–Crippen MR) is 90.5 cm³/mol. The van der Waals surface area contributed by atoms with Gasteiger partial charge in [-0.3, -0.25) is 0 Å². The van der Waals surface area contributed by atoms with E-state index in [2.05, 4.69) is 13.0 Å². The van der Waals surface area contributed by atoms with E-state index in [0.717, 1.165) is 22.3 Å². The van der Waals surface area contributed by atoms with Gasteiger partial charge in [0.05, 0.1) is 6.61 Å². The lowest BCUT2D eigenvalue weighted by Gasteiger charge is -2.38. The van der Waals surface area contributed by atoms with E-state index in [1.54, 1.807) is 24.3 Å². The number of hydrogen-bond acceptors (Lipinski definition) is 4. The van der Waals surface area contributed by atoms with Crippen LogP contribution in [0.25, 0.3) is 0 Å². The third kappa shape index (κ3) is 1.90. The second kappa shape index (κ2) is 5.14. The minimum absolute atomic E-state index is 0.124. The van der Waals surface area contributed by atoms with Crippen LogP contribution in [0.15, 0.2) is 59.7 Å². The third-order valence-electron chi connectivity index (χ3n) is 4.59. The molecule has 0 amide bonds. The molecule has 24 heavy (non-hydrogen) atoms. The van der Waals surface area contributed by atoms with Crippen LogP contribution in [0.5, 0.6) is 23.0 Å². The first-order chi connectivity index (χ1) is 11.6. The Balaban J connectivity index is 2.07. The first kappa shape index (κ1) is 14.8. The fourth-order valence-corrected chi connectivity index (χ4v) is 3.58. The molecule has 0 fully saturated rings. The lowest BCUT2D eigenvalue weighted by atomic mass is 9.77. The van der Waals surface area contributed by atoms with Crippen molar-refractivity contribution in [1.29, 1.82) is 0 Å². The number of benzene rings is 2. The van der Waals surface area contributed by atoms with Crippen molar-refractivity contribution >= 4 is 0 Å². The van der Waals surface area contributed by atoms with Gasteiger partial charge in [0.1, 0.15) is 23.0 Å². The highest BCUT2D eigenvalue weighted by Crippen LogP contribution is 2.56. The lowest BCUT2D eigenvalue weighted by Crippen LogP contribution is -2.33. The zero-order valence-corrected chi connectivity index (χ0v) is 13.5. The van der Waals surface area contributed by atoms with E-state index in [9.17, 15) is 10.2 Å². The molecular formula is C20H18O4. The Morgan fingerprint density at radius 2 is 1.58 bits per heavy atom. The summed E-state index contributed by atoms with van der Waals surface area (Å²) >= 11 is 0. The Bertz CT molecular complexity index is 841. The highest BCUT2D eigenvalue weighted by atomic mass is 16.5. The highest BCUT2D eigenvalue weighted by Gasteiger charge is 2.49. The SMILES string of the molecule is C/C=C\C1=C(C)COC12c1ccc(O)cc1Oc1cc(O)ccc12. The van der Waals surface area contributed by atoms with Crippen molar-refractivity contribution in [2.75, 3.05) is 6.61 Å². The van der Waals surface area contributed by atoms with E-state index < -0.39 is 5.60 Å². The van der Waals surface area contributed by atoms with Crippen molar-refractivity contribution in [2.24, 2.45) is 0 Å². The number of allylic oxidation sites excluding steroid dienone is 1. The standard InChI is InChI=1S/C20H18O4/c1-3-4-15-12(2)11-23-20(15)16-7-5-13(21)9-18(16)24-19-10-14(22)6-8-17(19)20/h3-10,21-22H,11H2,1-2H3/b4-3-. The Morgan fingerprint density at radius 3 is 2.12 bits per heavy atom. The van der Waals surface area contributed by atoms with Gasteiger partial charge in [0.15, 0.2) is 5.60 Å². The molecule has 2 heterocycles. The Kier molecular flexibility index (Phi) is 3.18. The van der Waals surface area contributed by atoms with Crippen LogP contribution in [0, 0.1) is 0 Å². The summed E-state index contributed by atoms with van der Waals surface area (Å²) in [5.74, 6) is 1.31. The summed E-state index contributed by atoms with van der Waals surface area (Å²) in [6.45, 7) is 4.54. The number of fused-ring (bicyclic) bond motifs is 4. The van der Waals surface area contributed by atoms with Gasteiger partial charge in [0.25, 0.3) is 0 Å². The summed E-state index contributed by atoms with van der Waals surface area (Å²) in [5, 5.41) is 19.7. The molecule has 0 atom stereocenters. The van der Waals surface area contributed by atoms with Crippen LogP contribution < -0.4 is 4.74 Å². The lowest BCUT2D eigenvalue weighted by molar-refractivity contribution is 0.0421. The summed E-state index contributed by atoms with van der Waals surface area (Å²) in [6, 6.07) is 10.1. The average molecular weight is 322 g/mol. The molecule has 2 aliphatic heterocycles. The summed E-state index contributed by atoms with van der Waals surface area (Å²) in [7, 11) is 0. The second-order valence-electron chi connectivity index (χ2n) is 6.13. The van der Waals surface area contributed by atoms with Crippen LogP contribution in [0.2, 0.25) is 0 Å². The van der Waals surface area contributed by atoms with Crippen molar-refractivity contribution in [3.8, 4) is 23.0 Å². The van der Waals surface area contributed by atoms with Gasteiger partial charge in [-0.15, -0.1) is 0 Å². The summed E-state index contributed by atoms with van der Waals surface area (Å²) < 4.78 is 12.3. The first-order valence-corrected chi connectivity index (χ1v) is 7.88. The van der Waals surface area contributed by atoms with Gasteiger partial charge in [-0.05, 0) is 49.3 Å². The van der Waals surface area contributed by atoms with Gasteiger partial charge in [-0.25, -0.2) is 0 Å². The molecule has 0 saturated heterocycles. The quantitative estimate of drug-likeness (QED) is 0.818. The number of ether oxygens (including phenoxy) is 2. The van der Waals surface area contributed by atoms with Crippen molar-refractivity contribution in [1.82, 2.24) is 0 Å². The molecule has 0 aromatic heterocycles. The second-order valence-corrected chi connectivity index (χ2v) is 6.13. The van der Waals surface area contributed by atoms with E-state index in [0.29, 0.717) is 18.1 Å². The minimum Gasteiger partial charge on any atom is -0.508 e. The number of rotatable bonds is 1. The van der Waals surface area contributed by atoms with E-state index in [-0.39, 0.29) is 11.5 Å². The van der Waals surface area contributed by atoms with Gasteiger partial charge in [0.2, 0.25) is 0 Å². The normalized spacial score (nSPS) is 17.9. The smallest absolute Gasteiger partial charge is 0.151 e. The first-order valence-electron chi connectivity index (χ1n) is 7.88. The van der Waals surface area contributed by atoms with Crippen LogP contribution in [-0.2, 0) is 10.3 Å². The molecule has 1 spiro atoms. The molecule has 0 bridgehead atoms. The molecule has 4 nitrogen and oxygen atoms in total. The number of phenolic OH excluding ortho intramolecular Hbond substituents is 2. The maximum atomic E-state index is 9.85. The van der Waals surface area contributed by atoms with Crippen LogP contribution in [0.4, 0.5) is 0 Å². The monoisotopic (exact) mass is 322 g/mol. The summed E-state index contributed by atoms with van der Waals surface area (Å²) in [6.07, 6.45) is 4.05. The molecule has 2 aromatic carbocycles. The van der Waals surface area contributed by atoms with Crippen LogP contribution in [0.1, 0.15) is 25.0 Å². The van der Waals surface area contributed by atoms with E-state index >= 15 is 0 Å². The zero-order valence-electron chi connectivity index (χ0n) is 13.5. The molecule has 0 radical (unpaired) electrons. The molecule has 2 aliphatic rings. The van der Waals surface area contributed by atoms with Crippen LogP contribution in [0.3, 0.4) is 0 Å². The van der Waals surface area contributed by atoms with E-state index in [1.807, 2.05) is 25.1 Å². The number of aromatic hydroxyl groups is 2. The molecule has 0 saturated carbocycles. The maximum Gasteiger partial charge on any atom is 0.151 e. The van der Waals surface area contributed by atoms with Crippen LogP contribution >= 0.6 is 0 Å². The molecule has 0 unspecified atom stereocenters. The van der Waals surface area contributed by atoms with E-state index in [1.165, 1.54) is 0 Å². The van der Waals surface area contributed by atoms with Crippen molar-refractivity contribution in [2.45, 2.75) is 19.4 Å². The molecular weight excluding hydrogens is 304 g/mol. The van der Waals surface area contributed by atoms with Gasteiger partial charge < -0.3 is 19.7 Å². The van der Waals surface area contributed by atoms with E-state index in [4.69, 9.17) is 9.47 Å². The fraction of sp³-hybridized carbons (Fsp3) is 0.200. The summed E-state index contributed by atoms with van der Waals surface area (Å²) in [4.78, 5) is 0. The van der Waals surface area contributed by atoms with Gasteiger partial charge in [-0.2, -0.15) is 0 Å². The van der Waals surface area contributed by atoms with Gasteiger partial charge in [0, 0.05) is 23.3 Å². The minimum atomic E-state index is -0.791. The fourth-order valence-electron chi connectivity index (χ4n) is 3.58. The summed E-state index contributed by atoms with van der Waals surface area (Å²) in [5.41, 5.74) is 3.12. The number of phenols is 2. The van der Waals surface area contributed by atoms with Crippen molar-refractivity contribution in [3.05, 3.63) is 70.8 Å². The Morgan fingerprint density at radius 1 is 1.00 bits per heavy atom. The molecule has 2 N–H and O–H groups in total. The molecule has 2 aromatic rings. The molecule has 122 valence electrons. The van der Waals surface area contributed by atoms with Gasteiger partial charge in [-0.1, -0.05) is 12.2 Å². The molecule has 4 rings (SSSR count). The number of hydrogen-bond donors (Lipinski definition) is 2. The van der Waals surface area contributed by atoms with Gasteiger partial charge >= 0.3 is 0 Å². The maximum absolute atomic E-state index is 9.85. The predicted octanol–water partition coefficient (Wildman–Crippen LogP) is 4.37. The van der Waals surface area contributed by atoms with Crippen molar-refractivity contribution in [3.63, 3.8) is 0 Å². The zero-order chi connectivity index (χ0) is 16.9. The largest absolute Gasteiger partial charge is 0.508 e. The average Bonchev–Trinajstić information content (AvgIpc) is 2.86. The highest BCUT2D eigenvalue weighted by molar-refractivity contribution is 5.65. The third-order valence-corrected chi connectivity index (χ3v) is 4.59. The Hall–Kier alpha value is -2.72. The molecule has 4 heteroatoms. The Labute approximate surface area is 140 Å². The topological polar surface area (TPSA) is 58.9 Å². The van der Waals surface area contributed by atoms with Crippen molar-refractivity contribution < 1.29 is 19.7 Å². The van der Waals surface area contributed by atoms with Crippen LogP contribution in [-0.4, -0.2) is 16.8 Å². The molecule has 0 aliphatic carbocycles.